The summed E-state index contributed by atoms with van der Waals surface area (Å²) in [7, 11) is 0. The van der Waals surface area contributed by atoms with Crippen molar-refractivity contribution in [1.29, 1.82) is 0 Å². The van der Waals surface area contributed by atoms with Crippen LogP contribution in [0.25, 0.3) is 0 Å². The molecule has 178 valence electrons. The van der Waals surface area contributed by atoms with E-state index in [1.54, 1.807) is 54.6 Å². The number of carboxylic acid groups (broad SMARTS) is 3. The molecule has 1 fully saturated rings. The molecule has 0 unspecified atom stereocenters. The number of carboxylic acids is 3. The van der Waals surface area contributed by atoms with Gasteiger partial charge in [-0.15, -0.1) is 0 Å². The minimum atomic E-state index is -1.67. The van der Waals surface area contributed by atoms with E-state index < -0.39 is 47.5 Å². The number of aliphatic carboxylic acids is 3. The van der Waals surface area contributed by atoms with E-state index in [9.17, 15) is 34.5 Å². The van der Waals surface area contributed by atoms with Gasteiger partial charge < -0.3 is 25.0 Å². The first-order chi connectivity index (χ1) is 16.3. The van der Waals surface area contributed by atoms with Crippen molar-refractivity contribution in [1.82, 2.24) is 4.90 Å². The molecule has 3 N–H and O–H groups in total. The van der Waals surface area contributed by atoms with E-state index in [-0.39, 0.29) is 19.7 Å². The van der Waals surface area contributed by atoms with Gasteiger partial charge in [0.1, 0.15) is 12.4 Å². The van der Waals surface area contributed by atoms with Crippen molar-refractivity contribution in [3.63, 3.8) is 0 Å². The Bertz CT molecular complexity index is 1030. The van der Waals surface area contributed by atoms with Crippen LogP contribution in [0.5, 0.6) is 5.75 Å². The second-order valence-corrected chi connectivity index (χ2v) is 7.92. The van der Waals surface area contributed by atoms with Gasteiger partial charge in [0.25, 0.3) is 0 Å². The van der Waals surface area contributed by atoms with Gasteiger partial charge in [-0.2, -0.15) is 0 Å². The van der Waals surface area contributed by atoms with E-state index in [2.05, 4.69) is 0 Å². The highest BCUT2D eigenvalue weighted by Crippen LogP contribution is 2.48. The first-order valence-electron chi connectivity index (χ1n) is 10.6. The quantitative estimate of drug-likeness (QED) is 0.428. The molecule has 0 aliphatic heterocycles. The fraction of sp³-hybridized carbons (Fsp3) is 0.280. The van der Waals surface area contributed by atoms with Gasteiger partial charge in [0, 0.05) is 13.1 Å². The van der Waals surface area contributed by atoms with Crippen molar-refractivity contribution in [2.24, 2.45) is 23.7 Å². The lowest BCUT2D eigenvalue weighted by Crippen LogP contribution is -2.62. The predicted octanol–water partition coefficient (Wildman–Crippen LogP) is 2.38. The highest BCUT2D eigenvalue weighted by molar-refractivity contribution is 5.98. The molecule has 0 heterocycles. The zero-order valence-corrected chi connectivity index (χ0v) is 18.2. The Kier molecular flexibility index (Phi) is 8.02. The molecule has 0 aromatic heterocycles. The van der Waals surface area contributed by atoms with Crippen LogP contribution >= 0.6 is 0 Å². The number of carbonyl (C=O) groups excluding carboxylic acids is 1. The third-order valence-electron chi connectivity index (χ3n) is 5.80. The molecule has 0 bridgehead atoms. The molecular weight excluding hydrogens is 442 g/mol. The normalized spacial score (nSPS) is 21.4. The van der Waals surface area contributed by atoms with Crippen LogP contribution < -0.4 is 4.74 Å². The monoisotopic (exact) mass is 467 g/mol. The Labute approximate surface area is 195 Å². The first kappa shape index (κ1) is 24.5. The molecule has 9 nitrogen and oxygen atoms in total. The summed E-state index contributed by atoms with van der Waals surface area (Å²) in [4.78, 5) is 49.7. The number of ether oxygens (including phenoxy) is 1. The van der Waals surface area contributed by atoms with E-state index in [4.69, 9.17) is 4.74 Å². The number of rotatable bonds is 11. The molecule has 1 aliphatic rings. The summed E-state index contributed by atoms with van der Waals surface area (Å²) in [5.74, 6) is -11.0. The Hall–Kier alpha value is -4.14. The number of hydrogen-bond acceptors (Lipinski definition) is 5. The van der Waals surface area contributed by atoms with Gasteiger partial charge in [-0.05, 0) is 23.8 Å². The minimum absolute atomic E-state index is 0.0682. The van der Waals surface area contributed by atoms with Crippen LogP contribution in [0.15, 0.2) is 72.8 Å². The summed E-state index contributed by atoms with van der Waals surface area (Å²) in [5.41, 5.74) is 0.762. The summed E-state index contributed by atoms with van der Waals surface area (Å²) in [5, 5.41) is 28.4. The lowest BCUT2D eigenvalue weighted by atomic mass is 9.56. The van der Waals surface area contributed by atoms with E-state index in [1.807, 2.05) is 18.2 Å². The second-order valence-electron chi connectivity index (χ2n) is 7.92. The van der Waals surface area contributed by atoms with E-state index in [0.29, 0.717) is 5.75 Å². The maximum absolute atomic E-state index is 13.4. The van der Waals surface area contributed by atoms with Crippen LogP contribution in [0.2, 0.25) is 0 Å². The second kappa shape index (κ2) is 11.1. The van der Waals surface area contributed by atoms with Crippen molar-refractivity contribution in [2.75, 3.05) is 13.2 Å². The van der Waals surface area contributed by atoms with Crippen molar-refractivity contribution < 1.29 is 39.2 Å². The third kappa shape index (κ3) is 5.61. The molecule has 1 saturated carbocycles. The fourth-order valence-corrected chi connectivity index (χ4v) is 4.15. The van der Waals surface area contributed by atoms with Gasteiger partial charge >= 0.3 is 17.9 Å². The summed E-state index contributed by atoms with van der Waals surface area (Å²) in [6.07, 6.45) is 3.37. The van der Waals surface area contributed by atoms with Crippen LogP contribution in [0.3, 0.4) is 0 Å². The van der Waals surface area contributed by atoms with E-state index in [0.717, 1.165) is 5.56 Å². The molecule has 2 atom stereocenters. The van der Waals surface area contributed by atoms with Crippen molar-refractivity contribution in [3.05, 3.63) is 78.4 Å². The molecule has 0 radical (unpaired) electrons. The molecule has 34 heavy (non-hydrogen) atoms. The third-order valence-corrected chi connectivity index (χ3v) is 5.80. The smallest absolute Gasteiger partial charge is 0.308 e. The largest absolute Gasteiger partial charge is 0.490 e. The number of hydrogen-bond donors (Lipinski definition) is 3. The topological polar surface area (TPSA) is 141 Å². The van der Waals surface area contributed by atoms with Crippen LogP contribution in [0, 0.1) is 23.7 Å². The fourth-order valence-electron chi connectivity index (χ4n) is 4.15. The predicted molar refractivity (Wildman–Crippen MR) is 120 cm³/mol. The van der Waals surface area contributed by atoms with Gasteiger partial charge in [-0.25, -0.2) is 0 Å². The Morgan fingerprint density at radius 3 is 1.76 bits per heavy atom. The lowest BCUT2D eigenvalue weighted by Gasteiger charge is -2.45. The Balaban J connectivity index is 1.77. The Morgan fingerprint density at radius 1 is 0.735 bits per heavy atom. The number of nitrogens with zero attached hydrogens (tertiary/aromatic N) is 1. The summed E-state index contributed by atoms with van der Waals surface area (Å²) in [6, 6.07) is 18.1. The average Bonchev–Trinajstić information content (AvgIpc) is 2.78. The van der Waals surface area contributed by atoms with Crippen LogP contribution in [0.1, 0.15) is 5.56 Å². The van der Waals surface area contributed by atoms with Crippen LogP contribution in [-0.2, 0) is 25.7 Å². The standard InChI is InChI=1S/C25H25NO8/c27-22(18-19(23(28)29)21(25(32)33)20(18)24(30)31)26(15-16-9-3-1-4-10-16)13-7-8-14-34-17-11-5-2-6-12-17/h1-12,18-21H,13-15H2,(H,28,29)(H,30,31)(H,32,33)/b8-7-/t18-,19-,20-,21-/m0/s1. The molecule has 2 aromatic carbocycles. The lowest BCUT2D eigenvalue weighted by molar-refractivity contribution is -0.189. The molecule has 9 heteroatoms. The van der Waals surface area contributed by atoms with Crippen molar-refractivity contribution in [3.8, 4) is 5.75 Å². The van der Waals surface area contributed by atoms with Gasteiger partial charge in [0.2, 0.25) is 5.91 Å². The molecule has 3 rings (SSSR count). The first-order valence-corrected chi connectivity index (χ1v) is 10.6. The highest BCUT2D eigenvalue weighted by Gasteiger charge is 2.64. The van der Waals surface area contributed by atoms with Crippen LogP contribution in [0.4, 0.5) is 0 Å². The number of amides is 1. The van der Waals surface area contributed by atoms with E-state index >= 15 is 0 Å². The SMILES string of the molecule is O=C(O)[C@@H]1[C@H](C(=O)O)[C@@H](C(=O)O)[C@H]1C(=O)N(C/C=C\COc1ccccc1)Cc1ccccc1. The van der Waals surface area contributed by atoms with Gasteiger partial charge in [-0.1, -0.05) is 54.6 Å². The Morgan fingerprint density at radius 2 is 1.24 bits per heavy atom. The zero-order valence-electron chi connectivity index (χ0n) is 18.2. The highest BCUT2D eigenvalue weighted by atomic mass is 16.5. The molecule has 2 aromatic rings. The molecule has 0 saturated heterocycles. The van der Waals surface area contributed by atoms with E-state index in [1.165, 1.54) is 4.90 Å². The van der Waals surface area contributed by atoms with Gasteiger partial charge in [0.15, 0.2) is 0 Å². The minimum Gasteiger partial charge on any atom is -0.490 e. The van der Waals surface area contributed by atoms with Gasteiger partial charge in [-0.3, -0.25) is 19.2 Å². The maximum Gasteiger partial charge on any atom is 0.308 e. The van der Waals surface area contributed by atoms with Crippen molar-refractivity contribution >= 4 is 23.8 Å². The number of benzene rings is 2. The van der Waals surface area contributed by atoms with Gasteiger partial charge in [0.05, 0.1) is 23.7 Å². The molecule has 1 aliphatic carbocycles. The number of para-hydroxylation sites is 1. The molecular formula is C25H25NO8. The van der Waals surface area contributed by atoms with Crippen LogP contribution in [-0.4, -0.2) is 57.2 Å². The van der Waals surface area contributed by atoms with Crippen molar-refractivity contribution in [2.45, 2.75) is 6.54 Å². The summed E-state index contributed by atoms with van der Waals surface area (Å²) >= 11 is 0. The number of carbonyl (C=O) groups is 4. The maximum atomic E-state index is 13.4. The summed E-state index contributed by atoms with van der Waals surface area (Å²) in [6.45, 7) is 0.409. The zero-order chi connectivity index (χ0) is 24.7. The average molecular weight is 467 g/mol. The summed E-state index contributed by atoms with van der Waals surface area (Å²) < 4.78 is 5.57. The molecule has 1 amide bonds. The molecule has 0 spiro atoms.